The van der Waals surface area contributed by atoms with E-state index in [9.17, 15) is 4.79 Å². The predicted molar refractivity (Wildman–Crippen MR) is 43.6 cm³/mol. The Balaban J connectivity index is 2.47. The van der Waals surface area contributed by atoms with E-state index in [2.05, 4.69) is 10.2 Å². The Kier molecular flexibility index (Phi) is 3.09. The maximum Gasteiger partial charge on any atom is 0.277 e. The van der Waals surface area contributed by atoms with Crippen molar-refractivity contribution in [1.82, 2.24) is 10.2 Å². The van der Waals surface area contributed by atoms with E-state index in [1.165, 1.54) is 0 Å². The molecule has 1 amide bonds. The summed E-state index contributed by atoms with van der Waals surface area (Å²) in [6, 6.07) is 0. The van der Waals surface area contributed by atoms with Crippen molar-refractivity contribution in [3.63, 3.8) is 0 Å². The third kappa shape index (κ3) is 2.54. The Morgan fingerprint density at radius 1 is 1.67 bits per heavy atom. The molecule has 12 heavy (non-hydrogen) atoms. The molecule has 5 nitrogen and oxygen atoms in total. The number of carbonyl (C=O) groups is 1. The summed E-state index contributed by atoms with van der Waals surface area (Å²) in [5.74, 6) is 0.351. The van der Waals surface area contributed by atoms with Crippen LogP contribution < -0.4 is 5.73 Å². The van der Waals surface area contributed by atoms with Crippen molar-refractivity contribution in [3.8, 4) is 0 Å². The number of aromatic nitrogens is 2. The molecule has 0 atom stereocenters. The number of thioether (sulfide) groups is 1. The standard InChI is InChI=1S/C6H9N3O2S/c1-2-5-8-9-6(11-5)12-3-4(7)10/h2-3H2,1H3,(H2,7,10). The molecule has 0 aliphatic heterocycles. The molecule has 0 aromatic carbocycles. The van der Waals surface area contributed by atoms with Gasteiger partial charge in [-0.3, -0.25) is 4.79 Å². The van der Waals surface area contributed by atoms with Gasteiger partial charge in [-0.15, -0.1) is 10.2 Å². The Hall–Kier alpha value is -1.04. The van der Waals surface area contributed by atoms with Crippen LogP contribution >= 0.6 is 11.8 Å². The number of rotatable bonds is 4. The van der Waals surface area contributed by atoms with Crippen molar-refractivity contribution < 1.29 is 9.21 Å². The van der Waals surface area contributed by atoms with E-state index in [1.54, 1.807) is 0 Å². The number of hydrogen-bond donors (Lipinski definition) is 1. The summed E-state index contributed by atoms with van der Waals surface area (Å²) < 4.78 is 5.12. The molecule has 2 N–H and O–H groups in total. The number of aryl methyl sites for hydroxylation is 1. The molecule has 0 radical (unpaired) electrons. The lowest BCUT2D eigenvalue weighted by atomic mass is 10.5. The normalized spacial score (nSPS) is 10.1. The first-order valence-electron chi connectivity index (χ1n) is 3.46. The molecule has 1 aromatic heterocycles. The minimum atomic E-state index is -0.392. The van der Waals surface area contributed by atoms with Gasteiger partial charge in [0.25, 0.3) is 5.22 Å². The summed E-state index contributed by atoms with van der Waals surface area (Å²) in [5, 5.41) is 7.81. The topological polar surface area (TPSA) is 82.0 Å². The SMILES string of the molecule is CCc1nnc(SCC(N)=O)o1. The largest absolute Gasteiger partial charge is 0.416 e. The number of nitrogens with two attached hydrogens (primary N) is 1. The van der Waals surface area contributed by atoms with Crippen LogP contribution in [0, 0.1) is 0 Å². The first kappa shape index (κ1) is 9.05. The lowest BCUT2D eigenvalue weighted by molar-refractivity contribution is -0.115. The quantitative estimate of drug-likeness (QED) is 0.681. The molecule has 6 heteroatoms. The third-order valence-electron chi connectivity index (χ3n) is 1.09. The third-order valence-corrected chi connectivity index (χ3v) is 1.93. The van der Waals surface area contributed by atoms with Gasteiger partial charge >= 0.3 is 0 Å². The van der Waals surface area contributed by atoms with Crippen LogP contribution in [0.25, 0.3) is 0 Å². The minimum Gasteiger partial charge on any atom is -0.416 e. The van der Waals surface area contributed by atoms with Gasteiger partial charge in [-0.2, -0.15) is 0 Å². The molecule has 1 rings (SSSR count). The highest BCUT2D eigenvalue weighted by Crippen LogP contribution is 2.15. The highest BCUT2D eigenvalue weighted by molar-refractivity contribution is 7.99. The lowest BCUT2D eigenvalue weighted by Gasteiger charge is -1.88. The van der Waals surface area contributed by atoms with E-state index in [1.807, 2.05) is 6.92 Å². The average molecular weight is 187 g/mol. The van der Waals surface area contributed by atoms with Gasteiger partial charge in [0, 0.05) is 6.42 Å². The molecule has 0 aliphatic carbocycles. The van der Waals surface area contributed by atoms with Crippen molar-refractivity contribution in [2.24, 2.45) is 5.73 Å². The highest BCUT2D eigenvalue weighted by atomic mass is 32.2. The zero-order valence-electron chi connectivity index (χ0n) is 6.61. The van der Waals surface area contributed by atoms with Crippen LogP contribution in [0.1, 0.15) is 12.8 Å². The number of primary amides is 1. The summed E-state index contributed by atoms with van der Waals surface area (Å²) in [7, 11) is 0. The molecule has 0 spiro atoms. The Bertz CT molecular complexity index is 274. The van der Waals surface area contributed by atoms with E-state index in [0.717, 1.165) is 11.8 Å². The Labute approximate surface area is 73.7 Å². The first-order chi connectivity index (χ1) is 5.72. The Morgan fingerprint density at radius 3 is 2.92 bits per heavy atom. The van der Waals surface area contributed by atoms with Gasteiger partial charge in [0.1, 0.15) is 0 Å². The summed E-state index contributed by atoms with van der Waals surface area (Å²) in [6.45, 7) is 1.91. The van der Waals surface area contributed by atoms with Gasteiger partial charge in [0.15, 0.2) is 0 Å². The summed E-state index contributed by atoms with van der Waals surface area (Å²) >= 11 is 1.15. The summed E-state index contributed by atoms with van der Waals surface area (Å²) in [5.41, 5.74) is 4.93. The number of amides is 1. The fraction of sp³-hybridized carbons (Fsp3) is 0.500. The predicted octanol–water partition coefficient (Wildman–Crippen LogP) is 0.209. The zero-order valence-corrected chi connectivity index (χ0v) is 7.43. The second-order valence-corrected chi connectivity index (χ2v) is 3.00. The molecule has 0 bridgehead atoms. The van der Waals surface area contributed by atoms with Crippen molar-refractivity contribution in [3.05, 3.63) is 5.89 Å². The van der Waals surface area contributed by atoms with Crippen LogP contribution in [0.3, 0.4) is 0 Å². The van der Waals surface area contributed by atoms with E-state index in [4.69, 9.17) is 10.2 Å². The fourth-order valence-electron chi connectivity index (χ4n) is 0.572. The number of nitrogens with zero attached hydrogens (tertiary/aromatic N) is 2. The maximum absolute atomic E-state index is 10.4. The smallest absolute Gasteiger partial charge is 0.277 e. The highest BCUT2D eigenvalue weighted by Gasteiger charge is 2.05. The second kappa shape index (κ2) is 4.10. The van der Waals surface area contributed by atoms with Gasteiger partial charge in [-0.25, -0.2) is 0 Å². The van der Waals surface area contributed by atoms with E-state index < -0.39 is 5.91 Å². The fourth-order valence-corrected chi connectivity index (χ4v) is 1.09. The summed E-state index contributed by atoms with van der Waals surface area (Å²) in [6.07, 6.45) is 0.699. The van der Waals surface area contributed by atoms with Crippen LogP contribution in [0.2, 0.25) is 0 Å². The van der Waals surface area contributed by atoms with Crippen molar-refractivity contribution in [1.29, 1.82) is 0 Å². The molecule has 1 heterocycles. The maximum atomic E-state index is 10.4. The zero-order chi connectivity index (χ0) is 8.97. The number of hydrogen-bond acceptors (Lipinski definition) is 5. The second-order valence-electron chi connectivity index (χ2n) is 2.07. The molecule has 1 aromatic rings. The first-order valence-corrected chi connectivity index (χ1v) is 4.44. The number of carbonyl (C=O) groups excluding carboxylic acids is 1. The molecular weight excluding hydrogens is 178 g/mol. The van der Waals surface area contributed by atoms with Crippen molar-refractivity contribution in [2.75, 3.05) is 5.75 Å². The van der Waals surface area contributed by atoms with Crippen LogP contribution in [-0.2, 0) is 11.2 Å². The van der Waals surface area contributed by atoms with E-state index >= 15 is 0 Å². The van der Waals surface area contributed by atoms with Crippen LogP contribution in [0.4, 0.5) is 0 Å². The molecule has 0 fully saturated rings. The summed E-state index contributed by atoms with van der Waals surface area (Å²) in [4.78, 5) is 10.4. The van der Waals surface area contributed by atoms with Crippen LogP contribution in [0.5, 0.6) is 0 Å². The van der Waals surface area contributed by atoms with Crippen LogP contribution in [-0.4, -0.2) is 21.9 Å². The molecule has 0 aliphatic rings. The average Bonchev–Trinajstić information content (AvgIpc) is 2.48. The van der Waals surface area contributed by atoms with Gasteiger partial charge in [-0.1, -0.05) is 18.7 Å². The molecule has 0 saturated carbocycles. The van der Waals surface area contributed by atoms with E-state index in [-0.39, 0.29) is 5.75 Å². The minimum absolute atomic E-state index is 0.172. The van der Waals surface area contributed by atoms with Crippen LogP contribution in [0.15, 0.2) is 9.64 Å². The molecule has 0 unspecified atom stereocenters. The van der Waals surface area contributed by atoms with Crippen molar-refractivity contribution in [2.45, 2.75) is 18.6 Å². The van der Waals surface area contributed by atoms with Gasteiger partial charge < -0.3 is 10.2 Å². The Morgan fingerprint density at radius 2 is 2.42 bits per heavy atom. The lowest BCUT2D eigenvalue weighted by Crippen LogP contribution is -2.12. The van der Waals surface area contributed by atoms with Gasteiger partial charge in [-0.05, 0) is 0 Å². The molecule has 66 valence electrons. The molecule has 0 saturated heterocycles. The molecular formula is C6H9N3O2S. The monoisotopic (exact) mass is 187 g/mol. The van der Waals surface area contributed by atoms with E-state index in [0.29, 0.717) is 17.5 Å². The van der Waals surface area contributed by atoms with Gasteiger partial charge in [0.2, 0.25) is 11.8 Å². The van der Waals surface area contributed by atoms with Crippen molar-refractivity contribution >= 4 is 17.7 Å². The van der Waals surface area contributed by atoms with Gasteiger partial charge in [0.05, 0.1) is 5.75 Å².